The Morgan fingerprint density at radius 3 is 2.62 bits per heavy atom. The lowest BCUT2D eigenvalue weighted by molar-refractivity contribution is 0.0378. The third kappa shape index (κ3) is 4.15. The first kappa shape index (κ1) is 23.6. The van der Waals surface area contributed by atoms with Crippen LogP contribution in [0.5, 0.6) is 5.75 Å². The van der Waals surface area contributed by atoms with Gasteiger partial charge < -0.3 is 19.9 Å². The van der Waals surface area contributed by atoms with Crippen LogP contribution in [0.3, 0.4) is 0 Å². The standard InChI is InChI=1S/C28H26ClFN4O3/c1-28-17-23(21-16-19(29)9-10-25(21)37-28)31-27(36)34(28)20-6-4-5-18(15-20)26(35)33-13-11-32(12-14-33)24-8-3-2-7-22(24)30/h2-10,15-16,23H,11-14,17H2,1H3,(H,31,36)/t23-,28-/m1/s1. The third-order valence-electron chi connectivity index (χ3n) is 7.35. The van der Waals surface area contributed by atoms with Gasteiger partial charge in [-0.15, -0.1) is 0 Å². The summed E-state index contributed by atoms with van der Waals surface area (Å²) in [5.41, 5.74) is 1.54. The van der Waals surface area contributed by atoms with Crippen molar-refractivity contribution in [2.45, 2.75) is 25.1 Å². The minimum atomic E-state index is -0.930. The summed E-state index contributed by atoms with van der Waals surface area (Å²) in [6.45, 7) is 3.91. The molecule has 3 aliphatic heterocycles. The zero-order valence-corrected chi connectivity index (χ0v) is 21.0. The molecule has 6 rings (SSSR count). The lowest BCUT2D eigenvalue weighted by atomic mass is 9.90. The van der Waals surface area contributed by atoms with Crippen molar-refractivity contribution in [3.8, 4) is 5.75 Å². The lowest BCUT2D eigenvalue weighted by Crippen LogP contribution is -2.65. The number of nitrogens with one attached hydrogen (secondary N) is 1. The molecular weight excluding hydrogens is 495 g/mol. The van der Waals surface area contributed by atoms with Crippen LogP contribution in [-0.4, -0.2) is 48.7 Å². The summed E-state index contributed by atoms with van der Waals surface area (Å²) in [7, 11) is 0. The number of rotatable bonds is 3. The van der Waals surface area contributed by atoms with Crippen molar-refractivity contribution in [1.29, 1.82) is 0 Å². The van der Waals surface area contributed by atoms with Crippen LogP contribution in [-0.2, 0) is 0 Å². The normalized spacial score (nSPS) is 22.7. The number of carbonyl (C=O) groups is 2. The summed E-state index contributed by atoms with van der Waals surface area (Å²) in [6.07, 6.45) is 0.530. The van der Waals surface area contributed by atoms with Crippen LogP contribution in [0, 0.1) is 5.82 Å². The Balaban J connectivity index is 1.21. The number of urea groups is 1. The first-order chi connectivity index (χ1) is 17.8. The van der Waals surface area contributed by atoms with Crippen LogP contribution in [0.2, 0.25) is 5.02 Å². The maximum absolute atomic E-state index is 14.2. The maximum atomic E-state index is 14.2. The molecule has 3 amide bonds. The highest BCUT2D eigenvalue weighted by atomic mass is 35.5. The minimum Gasteiger partial charge on any atom is -0.467 e. The molecule has 9 heteroatoms. The number of anilines is 2. The van der Waals surface area contributed by atoms with Gasteiger partial charge in [-0.25, -0.2) is 9.18 Å². The molecule has 2 fully saturated rings. The van der Waals surface area contributed by atoms with E-state index in [9.17, 15) is 14.0 Å². The summed E-state index contributed by atoms with van der Waals surface area (Å²) in [5.74, 6) is 0.286. The minimum absolute atomic E-state index is 0.125. The number of ether oxygens (including phenoxy) is 1. The molecule has 7 nitrogen and oxygen atoms in total. The molecule has 2 saturated heterocycles. The molecule has 0 unspecified atom stereocenters. The predicted octanol–water partition coefficient (Wildman–Crippen LogP) is 5.21. The van der Waals surface area contributed by atoms with E-state index in [1.165, 1.54) is 6.07 Å². The number of amides is 3. The van der Waals surface area contributed by atoms with E-state index < -0.39 is 5.72 Å². The van der Waals surface area contributed by atoms with Crippen molar-refractivity contribution in [1.82, 2.24) is 10.2 Å². The van der Waals surface area contributed by atoms with Crippen LogP contribution in [0.15, 0.2) is 66.7 Å². The van der Waals surface area contributed by atoms with E-state index in [1.54, 1.807) is 52.3 Å². The molecule has 3 aromatic carbocycles. The van der Waals surface area contributed by atoms with Gasteiger partial charge in [0.2, 0.25) is 0 Å². The summed E-state index contributed by atoms with van der Waals surface area (Å²) in [6, 6.07) is 18.6. The van der Waals surface area contributed by atoms with Gasteiger partial charge in [0.25, 0.3) is 5.91 Å². The quantitative estimate of drug-likeness (QED) is 0.515. The number of para-hydroxylation sites is 1. The smallest absolute Gasteiger partial charge is 0.325 e. The summed E-state index contributed by atoms with van der Waals surface area (Å²) >= 11 is 6.17. The summed E-state index contributed by atoms with van der Waals surface area (Å²) in [5, 5.41) is 3.65. The highest BCUT2D eigenvalue weighted by Crippen LogP contribution is 2.46. The molecule has 190 valence electrons. The molecule has 0 saturated carbocycles. The number of hydrogen-bond donors (Lipinski definition) is 1. The Morgan fingerprint density at radius 2 is 1.84 bits per heavy atom. The van der Waals surface area contributed by atoms with Crippen LogP contribution in [0.1, 0.15) is 35.3 Å². The fourth-order valence-electron chi connectivity index (χ4n) is 5.56. The molecule has 2 atom stereocenters. The zero-order chi connectivity index (χ0) is 25.7. The molecule has 3 heterocycles. The van der Waals surface area contributed by atoms with Gasteiger partial charge in [0.1, 0.15) is 11.6 Å². The van der Waals surface area contributed by atoms with E-state index in [4.69, 9.17) is 16.3 Å². The van der Waals surface area contributed by atoms with Gasteiger partial charge in [-0.2, -0.15) is 0 Å². The highest BCUT2D eigenvalue weighted by Gasteiger charge is 2.50. The number of benzene rings is 3. The number of halogens is 2. The summed E-state index contributed by atoms with van der Waals surface area (Å²) < 4.78 is 20.5. The Labute approximate surface area is 219 Å². The largest absolute Gasteiger partial charge is 0.467 e. The lowest BCUT2D eigenvalue weighted by Gasteiger charge is -2.50. The highest BCUT2D eigenvalue weighted by molar-refractivity contribution is 6.30. The van der Waals surface area contributed by atoms with Crippen LogP contribution in [0.25, 0.3) is 0 Å². The van der Waals surface area contributed by atoms with Crippen molar-refractivity contribution >= 4 is 34.9 Å². The van der Waals surface area contributed by atoms with E-state index in [1.807, 2.05) is 30.0 Å². The zero-order valence-electron chi connectivity index (χ0n) is 20.3. The van der Waals surface area contributed by atoms with Gasteiger partial charge in [0.15, 0.2) is 5.72 Å². The van der Waals surface area contributed by atoms with E-state index >= 15 is 0 Å². The SMILES string of the molecule is C[C@@]12C[C@@H](NC(=O)N1c1cccc(C(=O)N3CCN(c4ccccc4F)CC3)c1)c1cc(Cl)ccc1O2. The van der Waals surface area contributed by atoms with Crippen molar-refractivity contribution in [2.24, 2.45) is 0 Å². The number of hydrogen-bond acceptors (Lipinski definition) is 4. The van der Waals surface area contributed by atoms with E-state index in [2.05, 4.69) is 5.32 Å². The molecule has 0 aromatic heterocycles. The number of nitrogens with zero attached hydrogens (tertiary/aromatic N) is 3. The van der Waals surface area contributed by atoms with Crippen LogP contribution >= 0.6 is 11.6 Å². The molecule has 3 aromatic rings. The van der Waals surface area contributed by atoms with E-state index in [0.717, 1.165) is 5.56 Å². The second-order valence-corrected chi connectivity index (χ2v) is 10.2. The van der Waals surface area contributed by atoms with Crippen LogP contribution < -0.4 is 19.9 Å². The van der Waals surface area contributed by atoms with Gasteiger partial charge in [0.05, 0.1) is 17.4 Å². The van der Waals surface area contributed by atoms with Crippen LogP contribution in [0.4, 0.5) is 20.6 Å². The molecule has 2 bridgehead atoms. The van der Waals surface area contributed by atoms with Crippen molar-refractivity contribution < 1.29 is 18.7 Å². The van der Waals surface area contributed by atoms with Gasteiger partial charge in [-0.3, -0.25) is 9.69 Å². The first-order valence-electron chi connectivity index (χ1n) is 12.3. The number of carbonyl (C=O) groups excluding carboxylic acids is 2. The van der Waals surface area contributed by atoms with Crippen molar-refractivity contribution in [2.75, 3.05) is 36.0 Å². The Morgan fingerprint density at radius 1 is 1.05 bits per heavy atom. The molecule has 1 N–H and O–H groups in total. The Hall–Kier alpha value is -3.78. The van der Waals surface area contributed by atoms with Crippen molar-refractivity contribution in [3.63, 3.8) is 0 Å². The molecule has 0 aliphatic carbocycles. The average molecular weight is 521 g/mol. The monoisotopic (exact) mass is 520 g/mol. The summed E-state index contributed by atoms with van der Waals surface area (Å²) in [4.78, 5) is 31.9. The van der Waals surface area contributed by atoms with Gasteiger partial charge in [-0.05, 0) is 55.5 Å². The van der Waals surface area contributed by atoms with E-state index in [0.29, 0.717) is 60.3 Å². The average Bonchev–Trinajstić information content (AvgIpc) is 2.89. The molecule has 0 spiro atoms. The van der Waals surface area contributed by atoms with E-state index in [-0.39, 0.29) is 23.8 Å². The predicted molar refractivity (Wildman–Crippen MR) is 140 cm³/mol. The van der Waals surface area contributed by atoms with Gasteiger partial charge in [-0.1, -0.05) is 29.8 Å². The Kier molecular flexibility index (Phi) is 5.71. The molecular formula is C28H26ClFN4O3. The van der Waals surface area contributed by atoms with Crippen molar-refractivity contribution in [3.05, 3.63) is 88.7 Å². The van der Waals surface area contributed by atoms with Gasteiger partial charge >= 0.3 is 6.03 Å². The molecule has 3 aliphatic rings. The topological polar surface area (TPSA) is 65.1 Å². The Bertz CT molecular complexity index is 1390. The second kappa shape index (κ2) is 8.95. The molecule has 0 radical (unpaired) electrons. The fraction of sp³-hybridized carbons (Fsp3) is 0.286. The molecule has 37 heavy (non-hydrogen) atoms. The number of fused-ring (bicyclic) bond motifs is 4. The number of piperazine rings is 1. The first-order valence-corrected chi connectivity index (χ1v) is 12.7. The maximum Gasteiger partial charge on any atom is 0.325 e. The second-order valence-electron chi connectivity index (χ2n) is 9.78. The third-order valence-corrected chi connectivity index (χ3v) is 7.58. The van der Waals surface area contributed by atoms with Gasteiger partial charge in [0, 0.05) is 48.7 Å². The fourth-order valence-corrected chi connectivity index (χ4v) is 5.74.